The molecule has 3 atom stereocenters. The average molecular weight is 534 g/mol. The molecule has 0 amide bonds. The van der Waals surface area contributed by atoms with Gasteiger partial charge in [-0.25, -0.2) is 18.7 Å². The molecule has 1 N–H and O–H groups in total. The number of halogens is 2. The van der Waals surface area contributed by atoms with Crippen LogP contribution in [0, 0.1) is 17.1 Å². The Morgan fingerprint density at radius 2 is 2.05 bits per heavy atom. The maximum absolute atomic E-state index is 16.2. The van der Waals surface area contributed by atoms with Crippen LogP contribution in [0.1, 0.15) is 43.2 Å². The van der Waals surface area contributed by atoms with Crippen LogP contribution >= 0.6 is 0 Å². The third-order valence-corrected chi connectivity index (χ3v) is 8.52. The van der Waals surface area contributed by atoms with Crippen LogP contribution in [0.15, 0.2) is 30.9 Å². The van der Waals surface area contributed by atoms with Gasteiger partial charge in [-0.1, -0.05) is 6.07 Å². The van der Waals surface area contributed by atoms with Crippen LogP contribution < -0.4 is 10.2 Å². The van der Waals surface area contributed by atoms with Crippen molar-refractivity contribution in [3.05, 3.63) is 47.8 Å². The molecule has 0 spiro atoms. The van der Waals surface area contributed by atoms with Gasteiger partial charge in [0, 0.05) is 48.0 Å². The van der Waals surface area contributed by atoms with Gasteiger partial charge in [0.05, 0.1) is 19.1 Å². The Morgan fingerprint density at radius 1 is 1.18 bits per heavy atom. The van der Waals surface area contributed by atoms with E-state index in [1.807, 2.05) is 13.2 Å². The van der Waals surface area contributed by atoms with Crippen LogP contribution in [0.2, 0.25) is 0 Å². The molecule has 2 aromatic heterocycles. The van der Waals surface area contributed by atoms with Crippen molar-refractivity contribution >= 4 is 16.7 Å². The summed E-state index contributed by atoms with van der Waals surface area (Å²) in [6.07, 6.45) is 9.29. The Hall–Kier alpha value is -3.26. The van der Waals surface area contributed by atoms with Gasteiger partial charge in [-0.15, -0.1) is 0 Å². The number of likely N-dealkylation sites (N-methyl/N-ethyl adjacent to an activating group) is 1. The fraction of sp³-hybridized carbons (Fsp3) is 0.517. The van der Waals surface area contributed by atoms with Crippen LogP contribution in [0.3, 0.4) is 0 Å². The van der Waals surface area contributed by atoms with Crippen molar-refractivity contribution in [3.63, 3.8) is 0 Å². The number of ether oxygens (including phenoxy) is 1. The molecular weight excluding hydrogens is 500 g/mol. The fourth-order valence-corrected chi connectivity index (χ4v) is 6.40. The van der Waals surface area contributed by atoms with Crippen molar-refractivity contribution in [3.8, 4) is 17.2 Å². The van der Waals surface area contributed by atoms with Crippen molar-refractivity contribution in [1.82, 2.24) is 25.2 Å². The highest BCUT2D eigenvalue weighted by molar-refractivity contribution is 5.93. The van der Waals surface area contributed by atoms with Gasteiger partial charge < -0.3 is 15.0 Å². The minimum Gasteiger partial charge on any atom is -0.351 e. The predicted octanol–water partition coefficient (Wildman–Crippen LogP) is 4.14. The first-order valence-corrected chi connectivity index (χ1v) is 13.8. The molecule has 3 aromatic rings. The lowest BCUT2D eigenvalue weighted by Crippen LogP contribution is -2.67. The summed E-state index contributed by atoms with van der Waals surface area (Å²) in [4.78, 5) is 16.8. The molecule has 6 rings (SSSR count). The van der Waals surface area contributed by atoms with E-state index in [2.05, 4.69) is 31.2 Å². The lowest BCUT2D eigenvalue weighted by molar-refractivity contribution is -0.0837. The molecule has 0 saturated carbocycles. The maximum atomic E-state index is 16.2. The molecule has 8 nitrogen and oxygen atoms in total. The van der Waals surface area contributed by atoms with E-state index in [9.17, 15) is 5.26 Å². The monoisotopic (exact) mass is 533 g/mol. The van der Waals surface area contributed by atoms with Gasteiger partial charge in [-0.3, -0.25) is 9.88 Å². The number of nitrogens with zero attached hydrogens (tertiary/aromatic N) is 6. The normalized spacial score (nSPS) is 25.5. The van der Waals surface area contributed by atoms with Crippen LogP contribution in [0.25, 0.3) is 22.0 Å². The SMILES string of the molecule is CN1CCC[C@H]1COC1(CC#N)CNCC(F)N1c1ncnc2c(F)c(-c3cncc4c3CCCC4)ccc12. The molecule has 39 heavy (non-hydrogen) atoms. The zero-order valence-electron chi connectivity index (χ0n) is 22.2. The molecule has 1 aliphatic carbocycles. The lowest BCUT2D eigenvalue weighted by Gasteiger charge is -2.48. The van der Waals surface area contributed by atoms with Gasteiger partial charge in [0.2, 0.25) is 0 Å². The number of benzene rings is 1. The Morgan fingerprint density at radius 3 is 2.87 bits per heavy atom. The molecule has 1 aromatic carbocycles. The van der Waals surface area contributed by atoms with Gasteiger partial charge in [0.25, 0.3) is 0 Å². The number of rotatable bonds is 6. The molecule has 3 aliphatic rings. The first kappa shape index (κ1) is 26.0. The maximum Gasteiger partial charge on any atom is 0.188 e. The Balaban J connectivity index is 1.43. The highest BCUT2D eigenvalue weighted by Gasteiger charge is 2.47. The summed E-state index contributed by atoms with van der Waals surface area (Å²) in [6.45, 7) is 1.61. The highest BCUT2D eigenvalue weighted by Crippen LogP contribution is 2.39. The number of aryl methyl sites for hydroxylation is 1. The Bertz CT molecular complexity index is 1410. The number of fused-ring (bicyclic) bond motifs is 2. The first-order chi connectivity index (χ1) is 19.0. The zero-order valence-corrected chi connectivity index (χ0v) is 22.2. The van der Waals surface area contributed by atoms with Gasteiger partial charge in [0.1, 0.15) is 17.7 Å². The molecule has 2 fully saturated rings. The number of likely N-dealkylation sites (tertiary alicyclic amines) is 1. The van der Waals surface area contributed by atoms with Gasteiger partial charge in [-0.05, 0) is 69.3 Å². The van der Waals surface area contributed by atoms with Crippen LogP contribution in [-0.4, -0.2) is 71.2 Å². The minimum atomic E-state index is -1.53. The minimum absolute atomic E-state index is 0.0355. The average Bonchev–Trinajstić information content (AvgIpc) is 3.37. The second-order valence-electron chi connectivity index (χ2n) is 10.9. The second kappa shape index (κ2) is 10.7. The first-order valence-electron chi connectivity index (χ1n) is 13.8. The van der Waals surface area contributed by atoms with E-state index < -0.39 is 17.8 Å². The predicted molar refractivity (Wildman–Crippen MR) is 144 cm³/mol. The number of nitriles is 1. The number of hydrogen-bond donors (Lipinski definition) is 1. The summed E-state index contributed by atoms with van der Waals surface area (Å²) in [5.74, 6) is -0.260. The van der Waals surface area contributed by atoms with Gasteiger partial charge in [0.15, 0.2) is 17.8 Å². The molecule has 10 heteroatoms. The number of hydrogen-bond acceptors (Lipinski definition) is 8. The summed E-state index contributed by atoms with van der Waals surface area (Å²) < 4.78 is 38.4. The van der Waals surface area contributed by atoms with E-state index in [1.54, 1.807) is 18.3 Å². The topological polar surface area (TPSA) is 90.2 Å². The van der Waals surface area contributed by atoms with Gasteiger partial charge in [-0.2, -0.15) is 5.26 Å². The standard InChI is InChI=1S/C29H33F2N7O/c1-37-12-4-6-20(37)16-39-29(10-11-32)17-34-15-25(30)38(29)28-23-9-8-22(26(31)27(23)35-18-36-28)24-14-33-13-19-5-2-3-7-21(19)24/h8-9,13-14,18,20,25,34H,2-7,10,12,15-17H2,1H3/t20-,25?,29?/m0/s1. The number of piperazine rings is 1. The van der Waals surface area contributed by atoms with Crippen LogP contribution in [-0.2, 0) is 17.6 Å². The highest BCUT2D eigenvalue weighted by atomic mass is 19.1. The number of nitrogens with one attached hydrogen (secondary N) is 1. The number of aromatic nitrogens is 3. The van der Waals surface area contributed by atoms with Crippen molar-refractivity contribution in [2.24, 2.45) is 0 Å². The Kier molecular flexibility index (Phi) is 7.14. The van der Waals surface area contributed by atoms with Crippen molar-refractivity contribution in [2.45, 2.75) is 63.0 Å². The largest absolute Gasteiger partial charge is 0.351 e. The van der Waals surface area contributed by atoms with Crippen molar-refractivity contribution in [2.75, 3.05) is 38.2 Å². The fourth-order valence-electron chi connectivity index (χ4n) is 6.40. The van der Waals surface area contributed by atoms with E-state index in [4.69, 9.17) is 4.74 Å². The molecule has 2 aliphatic heterocycles. The van der Waals surface area contributed by atoms with E-state index in [0.717, 1.165) is 61.8 Å². The summed E-state index contributed by atoms with van der Waals surface area (Å²) in [5.41, 5.74) is 2.31. The molecular formula is C29H33F2N7O. The lowest BCUT2D eigenvalue weighted by atomic mass is 9.87. The molecule has 4 heterocycles. The smallest absolute Gasteiger partial charge is 0.188 e. The summed E-state index contributed by atoms with van der Waals surface area (Å²) in [7, 11) is 2.05. The summed E-state index contributed by atoms with van der Waals surface area (Å²) in [6, 6.07) is 5.85. The third-order valence-electron chi connectivity index (χ3n) is 8.52. The van der Waals surface area contributed by atoms with E-state index in [0.29, 0.717) is 17.6 Å². The van der Waals surface area contributed by atoms with E-state index in [-0.39, 0.29) is 36.9 Å². The van der Waals surface area contributed by atoms with Gasteiger partial charge >= 0.3 is 0 Å². The molecule has 2 unspecified atom stereocenters. The quantitative estimate of drug-likeness (QED) is 0.473. The van der Waals surface area contributed by atoms with E-state index in [1.165, 1.54) is 11.2 Å². The number of pyridine rings is 1. The number of alkyl halides is 1. The zero-order chi connectivity index (χ0) is 27.0. The Labute approximate surface area is 227 Å². The molecule has 0 radical (unpaired) electrons. The molecule has 204 valence electrons. The third kappa shape index (κ3) is 4.62. The molecule has 0 bridgehead atoms. The summed E-state index contributed by atoms with van der Waals surface area (Å²) in [5, 5.41) is 13.2. The van der Waals surface area contributed by atoms with E-state index >= 15 is 8.78 Å². The van der Waals surface area contributed by atoms with Crippen LogP contribution in [0.4, 0.5) is 14.6 Å². The van der Waals surface area contributed by atoms with Crippen molar-refractivity contribution < 1.29 is 13.5 Å². The number of anilines is 1. The second-order valence-corrected chi connectivity index (χ2v) is 10.9. The van der Waals surface area contributed by atoms with Crippen LogP contribution in [0.5, 0.6) is 0 Å². The summed E-state index contributed by atoms with van der Waals surface area (Å²) >= 11 is 0. The molecule has 2 saturated heterocycles. The van der Waals surface area contributed by atoms with Crippen molar-refractivity contribution in [1.29, 1.82) is 5.26 Å².